The Morgan fingerprint density at radius 2 is 1.50 bits per heavy atom. The Labute approximate surface area is 131 Å². The molecular weight excluding hydrogens is 295 g/mol. The molecule has 0 aromatic carbocycles. The molecule has 0 fully saturated rings. The number of nitrogens with two attached hydrogens (primary N) is 1. The van der Waals surface area contributed by atoms with Gasteiger partial charge in [0.25, 0.3) is 0 Å². The van der Waals surface area contributed by atoms with Crippen molar-refractivity contribution in [2.75, 3.05) is 6.61 Å². The first-order valence-corrected chi connectivity index (χ1v) is 8.33. The van der Waals surface area contributed by atoms with E-state index < -0.39 is 24.1 Å². The molecule has 0 radical (unpaired) electrons. The Morgan fingerprint density at radius 3 is 1.95 bits per heavy atom. The van der Waals surface area contributed by atoms with E-state index in [1.165, 1.54) is 19.3 Å². The Hall–Kier alpha value is -0.780. The van der Waals surface area contributed by atoms with E-state index in [9.17, 15) is 18.0 Å². The van der Waals surface area contributed by atoms with Gasteiger partial charge in [-0.15, -0.1) is 0 Å². The van der Waals surface area contributed by atoms with Gasteiger partial charge in [-0.05, 0) is 13.3 Å². The van der Waals surface area contributed by atoms with E-state index in [0.717, 1.165) is 25.7 Å². The summed E-state index contributed by atoms with van der Waals surface area (Å²) in [4.78, 5) is 11.7. The van der Waals surface area contributed by atoms with Crippen molar-refractivity contribution in [3.05, 3.63) is 0 Å². The molecule has 2 N–H and O–H groups in total. The van der Waals surface area contributed by atoms with Gasteiger partial charge in [0.15, 0.2) is 0 Å². The quantitative estimate of drug-likeness (QED) is 0.422. The minimum Gasteiger partial charge on any atom is -0.466 e. The molecule has 2 atom stereocenters. The Bertz CT molecular complexity index is 296. The molecule has 0 aliphatic heterocycles. The molecular formula is C16H30F3NO2. The molecule has 0 amide bonds. The average molecular weight is 325 g/mol. The molecule has 0 aromatic heterocycles. The monoisotopic (exact) mass is 325 g/mol. The van der Waals surface area contributed by atoms with Crippen LogP contribution in [0.2, 0.25) is 0 Å². The average Bonchev–Trinajstić information content (AvgIpc) is 2.44. The third-order valence-corrected chi connectivity index (χ3v) is 3.77. The maximum atomic E-state index is 12.7. The van der Waals surface area contributed by atoms with Crippen molar-refractivity contribution in [3.63, 3.8) is 0 Å². The molecule has 0 rings (SSSR count). The highest BCUT2D eigenvalue weighted by Crippen LogP contribution is 2.28. The van der Waals surface area contributed by atoms with Gasteiger partial charge < -0.3 is 10.5 Å². The Morgan fingerprint density at radius 1 is 1.00 bits per heavy atom. The number of hydrogen-bond donors (Lipinski definition) is 1. The Kier molecular flexibility index (Phi) is 11.3. The zero-order chi connectivity index (χ0) is 17.0. The van der Waals surface area contributed by atoms with Crippen LogP contribution in [0.1, 0.15) is 71.6 Å². The van der Waals surface area contributed by atoms with Crippen LogP contribution in [0, 0.1) is 5.92 Å². The summed E-state index contributed by atoms with van der Waals surface area (Å²) in [6, 6.07) is -2.14. The molecule has 0 aromatic rings. The summed E-state index contributed by atoms with van der Waals surface area (Å²) >= 11 is 0. The summed E-state index contributed by atoms with van der Waals surface area (Å²) in [7, 11) is 0. The summed E-state index contributed by atoms with van der Waals surface area (Å²) in [5.41, 5.74) is 5.20. The molecule has 6 heteroatoms. The van der Waals surface area contributed by atoms with Crippen molar-refractivity contribution in [2.45, 2.75) is 83.9 Å². The first kappa shape index (κ1) is 21.2. The van der Waals surface area contributed by atoms with E-state index in [4.69, 9.17) is 10.5 Å². The second-order valence-corrected chi connectivity index (χ2v) is 5.69. The van der Waals surface area contributed by atoms with E-state index in [1.54, 1.807) is 6.92 Å². The SMILES string of the molecule is CCCCCCCCCC[C@H](C(=O)OCC)[C@H](N)C(F)(F)F. The first-order valence-electron chi connectivity index (χ1n) is 8.33. The van der Waals surface area contributed by atoms with Crippen molar-refractivity contribution in [3.8, 4) is 0 Å². The molecule has 0 aliphatic rings. The molecule has 0 saturated carbocycles. The number of ether oxygens (including phenoxy) is 1. The summed E-state index contributed by atoms with van der Waals surface area (Å²) in [5, 5.41) is 0. The first-order chi connectivity index (χ1) is 10.3. The number of alkyl halides is 3. The fourth-order valence-electron chi connectivity index (χ4n) is 2.42. The van der Waals surface area contributed by atoms with Gasteiger partial charge in [-0.25, -0.2) is 0 Å². The standard InChI is InChI=1S/C16H30F3NO2/c1-3-5-6-7-8-9-10-11-12-13(15(21)22-4-2)14(20)16(17,18)19/h13-14H,3-12,20H2,1-2H3/t13-,14-/m0/s1. The van der Waals surface area contributed by atoms with Crippen molar-refractivity contribution >= 4 is 5.97 Å². The predicted octanol–water partition coefficient (Wildman–Crippen LogP) is 4.59. The van der Waals surface area contributed by atoms with Crippen LogP contribution in [0.15, 0.2) is 0 Å². The molecule has 0 bridgehead atoms. The van der Waals surface area contributed by atoms with Gasteiger partial charge in [0, 0.05) is 0 Å². The van der Waals surface area contributed by atoms with Crippen molar-refractivity contribution in [2.24, 2.45) is 11.7 Å². The van der Waals surface area contributed by atoms with Crippen LogP contribution < -0.4 is 5.73 Å². The Balaban J connectivity index is 4.12. The molecule has 0 aliphatic carbocycles. The molecule has 22 heavy (non-hydrogen) atoms. The lowest BCUT2D eigenvalue weighted by Gasteiger charge is -2.24. The smallest absolute Gasteiger partial charge is 0.404 e. The molecule has 0 unspecified atom stereocenters. The van der Waals surface area contributed by atoms with Crippen molar-refractivity contribution in [1.82, 2.24) is 0 Å². The summed E-state index contributed by atoms with van der Waals surface area (Å²) < 4.78 is 42.9. The van der Waals surface area contributed by atoms with Crippen molar-refractivity contribution in [1.29, 1.82) is 0 Å². The van der Waals surface area contributed by atoms with Crippen molar-refractivity contribution < 1.29 is 22.7 Å². The normalized spacial score (nSPS) is 14.6. The van der Waals surface area contributed by atoms with Gasteiger partial charge >= 0.3 is 12.1 Å². The minimum atomic E-state index is -4.57. The summed E-state index contributed by atoms with van der Waals surface area (Å²) in [6.07, 6.45) is 3.83. The largest absolute Gasteiger partial charge is 0.466 e. The highest BCUT2D eigenvalue weighted by molar-refractivity contribution is 5.73. The van der Waals surface area contributed by atoms with Crippen LogP contribution in [0.25, 0.3) is 0 Å². The second kappa shape index (κ2) is 11.7. The lowest BCUT2D eigenvalue weighted by atomic mass is 9.93. The van der Waals surface area contributed by atoms with E-state index in [-0.39, 0.29) is 13.0 Å². The zero-order valence-electron chi connectivity index (χ0n) is 13.8. The van der Waals surface area contributed by atoms with Gasteiger partial charge in [-0.1, -0.05) is 58.3 Å². The number of carbonyl (C=O) groups is 1. The topological polar surface area (TPSA) is 52.3 Å². The summed E-state index contributed by atoms with van der Waals surface area (Å²) in [5.74, 6) is -2.13. The third kappa shape index (κ3) is 9.28. The van der Waals surface area contributed by atoms with Gasteiger partial charge in [0.1, 0.15) is 6.04 Å². The molecule has 0 saturated heterocycles. The number of rotatable bonds is 12. The van der Waals surface area contributed by atoms with E-state index in [1.807, 2.05) is 0 Å². The molecule has 0 heterocycles. The zero-order valence-corrected chi connectivity index (χ0v) is 13.8. The number of esters is 1. The van der Waals surface area contributed by atoms with Gasteiger partial charge in [-0.2, -0.15) is 13.2 Å². The number of unbranched alkanes of at least 4 members (excludes halogenated alkanes) is 7. The highest BCUT2D eigenvalue weighted by atomic mass is 19.4. The molecule has 3 nitrogen and oxygen atoms in total. The predicted molar refractivity (Wildman–Crippen MR) is 81.4 cm³/mol. The van der Waals surface area contributed by atoms with Crippen LogP contribution >= 0.6 is 0 Å². The van der Waals surface area contributed by atoms with Crippen LogP contribution in [-0.2, 0) is 9.53 Å². The fourth-order valence-corrected chi connectivity index (χ4v) is 2.42. The number of hydrogen-bond acceptors (Lipinski definition) is 3. The third-order valence-electron chi connectivity index (χ3n) is 3.77. The minimum absolute atomic E-state index is 0.0668. The maximum Gasteiger partial charge on any atom is 0.404 e. The maximum absolute atomic E-state index is 12.7. The van der Waals surface area contributed by atoms with Gasteiger partial charge in [0.2, 0.25) is 0 Å². The highest BCUT2D eigenvalue weighted by Gasteiger charge is 2.45. The van der Waals surface area contributed by atoms with Gasteiger partial charge in [-0.3, -0.25) is 4.79 Å². The van der Waals surface area contributed by atoms with Gasteiger partial charge in [0.05, 0.1) is 12.5 Å². The van der Waals surface area contributed by atoms with Crippen LogP contribution in [0.3, 0.4) is 0 Å². The number of carbonyl (C=O) groups excluding carboxylic acids is 1. The van der Waals surface area contributed by atoms with Crippen LogP contribution in [0.4, 0.5) is 13.2 Å². The molecule has 132 valence electrons. The van der Waals surface area contributed by atoms with E-state index >= 15 is 0 Å². The lowest BCUT2D eigenvalue weighted by molar-refractivity contribution is -0.176. The fraction of sp³-hybridized carbons (Fsp3) is 0.938. The second-order valence-electron chi connectivity index (χ2n) is 5.69. The van der Waals surface area contributed by atoms with E-state index in [0.29, 0.717) is 6.42 Å². The molecule has 0 spiro atoms. The lowest BCUT2D eigenvalue weighted by Crippen LogP contribution is -2.47. The summed E-state index contributed by atoms with van der Waals surface area (Å²) in [6.45, 7) is 3.79. The number of halogens is 3. The van der Waals surface area contributed by atoms with Crippen LogP contribution in [-0.4, -0.2) is 24.8 Å². The van der Waals surface area contributed by atoms with E-state index in [2.05, 4.69) is 6.92 Å². The van der Waals surface area contributed by atoms with Crippen LogP contribution in [0.5, 0.6) is 0 Å².